The molecule has 2 aromatic rings. The summed E-state index contributed by atoms with van der Waals surface area (Å²) in [6, 6.07) is 7.73. The van der Waals surface area contributed by atoms with Crippen LogP contribution in [0.4, 0.5) is 5.82 Å². The van der Waals surface area contributed by atoms with Gasteiger partial charge in [-0.2, -0.15) is 0 Å². The van der Waals surface area contributed by atoms with Crippen LogP contribution >= 0.6 is 0 Å². The molecule has 0 spiro atoms. The number of nitrogens with zero attached hydrogens (tertiary/aromatic N) is 5. The van der Waals surface area contributed by atoms with E-state index in [0.717, 1.165) is 42.9 Å². The zero-order valence-corrected chi connectivity index (χ0v) is 16.4. The van der Waals surface area contributed by atoms with Crippen LogP contribution in [0.2, 0.25) is 0 Å². The Morgan fingerprint density at radius 3 is 2.57 bits per heavy atom. The fourth-order valence-electron chi connectivity index (χ4n) is 3.93. The Kier molecular flexibility index (Phi) is 5.70. The van der Waals surface area contributed by atoms with Crippen molar-refractivity contribution < 1.29 is 9.53 Å². The van der Waals surface area contributed by atoms with E-state index in [4.69, 9.17) is 10.5 Å². The largest absolute Gasteiger partial charge is 0.383 e. The number of aromatic nitrogens is 2. The molecule has 2 aliphatic rings. The molecule has 8 nitrogen and oxygen atoms in total. The van der Waals surface area contributed by atoms with Gasteiger partial charge in [-0.15, -0.1) is 0 Å². The molecule has 28 heavy (non-hydrogen) atoms. The van der Waals surface area contributed by atoms with Crippen LogP contribution in [0.1, 0.15) is 12.7 Å². The minimum atomic E-state index is -0.0900. The average Bonchev–Trinajstić information content (AvgIpc) is 2.74. The van der Waals surface area contributed by atoms with Crippen molar-refractivity contribution in [3.05, 3.63) is 30.1 Å². The second-order valence-corrected chi connectivity index (χ2v) is 7.47. The lowest BCUT2D eigenvalue weighted by atomic mass is 10.2. The van der Waals surface area contributed by atoms with Gasteiger partial charge >= 0.3 is 0 Å². The van der Waals surface area contributed by atoms with Crippen LogP contribution in [0, 0.1) is 0 Å². The molecule has 2 fully saturated rings. The maximum atomic E-state index is 12.7. The van der Waals surface area contributed by atoms with E-state index in [-0.39, 0.29) is 11.9 Å². The first-order chi connectivity index (χ1) is 13.6. The van der Waals surface area contributed by atoms with Crippen molar-refractivity contribution in [1.29, 1.82) is 0 Å². The molecule has 1 amide bonds. The second kappa shape index (κ2) is 8.38. The van der Waals surface area contributed by atoms with Crippen LogP contribution in [-0.4, -0.2) is 89.1 Å². The first-order valence-electron chi connectivity index (χ1n) is 9.96. The van der Waals surface area contributed by atoms with Crippen LogP contribution in [0.15, 0.2) is 24.3 Å². The van der Waals surface area contributed by atoms with Crippen LogP contribution in [0.5, 0.6) is 0 Å². The summed E-state index contributed by atoms with van der Waals surface area (Å²) < 4.78 is 5.35. The number of fused-ring (bicyclic) bond motifs is 1. The number of para-hydroxylation sites is 1. The van der Waals surface area contributed by atoms with E-state index in [9.17, 15) is 4.79 Å². The third-order valence-corrected chi connectivity index (χ3v) is 5.68. The third kappa shape index (κ3) is 4.09. The highest BCUT2D eigenvalue weighted by atomic mass is 16.5. The standard InChI is InChI=1S/C20H28N6O2/c1-15(20(27)26-10-12-28-13-11-26)25-8-6-24(7-9-25)14-18-22-17-5-3-2-4-16(17)19(21)23-18/h2-5,15H,6-14H2,1H3,(H2,21,22,23)/t15-/m0/s1. The van der Waals surface area contributed by atoms with Gasteiger partial charge in [0.2, 0.25) is 5.91 Å². The summed E-state index contributed by atoms with van der Waals surface area (Å²) in [5.41, 5.74) is 6.98. The van der Waals surface area contributed by atoms with Gasteiger partial charge in [-0.05, 0) is 19.1 Å². The number of ether oxygens (including phenoxy) is 1. The number of nitrogens with two attached hydrogens (primary N) is 1. The Bertz CT molecular complexity index is 831. The van der Waals surface area contributed by atoms with Crippen LogP contribution in [0.25, 0.3) is 10.9 Å². The highest BCUT2D eigenvalue weighted by Crippen LogP contribution is 2.18. The molecule has 2 aliphatic heterocycles. The predicted octanol–water partition coefficient (Wildman–Crippen LogP) is 0.577. The fourth-order valence-corrected chi connectivity index (χ4v) is 3.93. The molecule has 150 valence electrons. The van der Waals surface area contributed by atoms with Gasteiger partial charge < -0.3 is 15.4 Å². The van der Waals surface area contributed by atoms with Gasteiger partial charge in [0, 0.05) is 44.7 Å². The molecule has 0 radical (unpaired) electrons. The number of amides is 1. The van der Waals surface area contributed by atoms with Gasteiger partial charge in [0.1, 0.15) is 11.6 Å². The maximum Gasteiger partial charge on any atom is 0.239 e. The van der Waals surface area contributed by atoms with E-state index in [2.05, 4.69) is 19.8 Å². The number of morpholine rings is 1. The molecule has 0 bridgehead atoms. The fraction of sp³-hybridized carbons (Fsp3) is 0.550. The van der Waals surface area contributed by atoms with E-state index in [1.54, 1.807) is 0 Å². The summed E-state index contributed by atoms with van der Waals surface area (Å²) in [7, 11) is 0. The zero-order valence-electron chi connectivity index (χ0n) is 16.4. The Morgan fingerprint density at radius 2 is 1.82 bits per heavy atom. The van der Waals surface area contributed by atoms with Crippen molar-refractivity contribution in [3.63, 3.8) is 0 Å². The average molecular weight is 384 g/mol. The predicted molar refractivity (Wildman–Crippen MR) is 108 cm³/mol. The minimum Gasteiger partial charge on any atom is -0.383 e. The molecule has 4 rings (SSSR count). The number of rotatable bonds is 4. The van der Waals surface area contributed by atoms with E-state index in [1.807, 2.05) is 36.1 Å². The molecular formula is C20H28N6O2. The topological polar surface area (TPSA) is 87.8 Å². The summed E-state index contributed by atoms with van der Waals surface area (Å²) in [6.45, 7) is 8.86. The summed E-state index contributed by atoms with van der Waals surface area (Å²) >= 11 is 0. The van der Waals surface area contributed by atoms with Crippen molar-refractivity contribution in [3.8, 4) is 0 Å². The molecule has 2 N–H and O–H groups in total. The highest BCUT2D eigenvalue weighted by molar-refractivity contribution is 5.87. The number of hydrogen-bond donors (Lipinski definition) is 1. The number of nitrogen functional groups attached to an aromatic ring is 1. The Morgan fingerprint density at radius 1 is 1.11 bits per heavy atom. The molecule has 3 heterocycles. The molecule has 1 atom stereocenters. The van der Waals surface area contributed by atoms with Gasteiger partial charge in [0.05, 0.1) is 31.3 Å². The van der Waals surface area contributed by atoms with Gasteiger partial charge in [0.15, 0.2) is 0 Å². The van der Waals surface area contributed by atoms with Crippen molar-refractivity contribution in [1.82, 2.24) is 24.7 Å². The van der Waals surface area contributed by atoms with Crippen molar-refractivity contribution in [2.45, 2.75) is 19.5 Å². The number of carbonyl (C=O) groups is 1. The lowest BCUT2D eigenvalue weighted by Crippen LogP contribution is -2.55. The van der Waals surface area contributed by atoms with Gasteiger partial charge in [-0.25, -0.2) is 9.97 Å². The normalized spacial score (nSPS) is 20.4. The number of benzene rings is 1. The van der Waals surface area contributed by atoms with Gasteiger partial charge in [-0.1, -0.05) is 12.1 Å². The Hall–Kier alpha value is -2.29. The second-order valence-electron chi connectivity index (χ2n) is 7.47. The molecule has 8 heteroatoms. The number of piperazine rings is 1. The van der Waals surface area contributed by atoms with Crippen LogP contribution < -0.4 is 5.73 Å². The lowest BCUT2D eigenvalue weighted by Gasteiger charge is -2.39. The lowest BCUT2D eigenvalue weighted by molar-refractivity contribution is -0.141. The molecule has 1 aromatic heterocycles. The summed E-state index contributed by atoms with van der Waals surface area (Å²) in [4.78, 5) is 28.4. The molecule has 2 saturated heterocycles. The summed E-state index contributed by atoms with van der Waals surface area (Å²) in [5, 5.41) is 0.895. The van der Waals surface area contributed by atoms with Gasteiger partial charge in [0.25, 0.3) is 0 Å². The summed E-state index contributed by atoms with van der Waals surface area (Å²) in [5.74, 6) is 1.49. The number of carbonyl (C=O) groups excluding carboxylic acids is 1. The van der Waals surface area contributed by atoms with Crippen molar-refractivity contribution >= 4 is 22.6 Å². The van der Waals surface area contributed by atoms with E-state index < -0.39 is 0 Å². The molecule has 0 unspecified atom stereocenters. The smallest absolute Gasteiger partial charge is 0.239 e. The van der Waals surface area contributed by atoms with E-state index in [0.29, 0.717) is 38.7 Å². The van der Waals surface area contributed by atoms with Crippen molar-refractivity contribution in [2.24, 2.45) is 0 Å². The minimum absolute atomic E-state index is 0.0900. The maximum absolute atomic E-state index is 12.7. The quantitative estimate of drug-likeness (QED) is 0.825. The molecule has 0 aliphatic carbocycles. The Labute approximate surface area is 165 Å². The van der Waals surface area contributed by atoms with Crippen LogP contribution in [-0.2, 0) is 16.1 Å². The summed E-state index contributed by atoms with van der Waals surface area (Å²) in [6.07, 6.45) is 0. The van der Waals surface area contributed by atoms with Crippen LogP contribution in [0.3, 0.4) is 0 Å². The zero-order chi connectivity index (χ0) is 19.5. The van der Waals surface area contributed by atoms with Crippen molar-refractivity contribution in [2.75, 3.05) is 58.2 Å². The molecular weight excluding hydrogens is 356 g/mol. The van der Waals surface area contributed by atoms with Gasteiger partial charge in [-0.3, -0.25) is 14.6 Å². The number of hydrogen-bond acceptors (Lipinski definition) is 7. The number of anilines is 1. The molecule has 1 aromatic carbocycles. The first kappa shape index (κ1) is 19.0. The Balaban J connectivity index is 1.33. The monoisotopic (exact) mass is 384 g/mol. The van der Waals surface area contributed by atoms with E-state index >= 15 is 0 Å². The first-order valence-corrected chi connectivity index (χ1v) is 9.96. The van der Waals surface area contributed by atoms with E-state index in [1.165, 1.54) is 0 Å². The molecule has 0 saturated carbocycles. The third-order valence-electron chi connectivity index (χ3n) is 5.68. The SMILES string of the molecule is C[C@@H](C(=O)N1CCOCC1)N1CCN(Cc2nc(N)c3ccccc3n2)CC1. The highest BCUT2D eigenvalue weighted by Gasteiger charge is 2.29.